The van der Waals surface area contributed by atoms with Gasteiger partial charge in [0.05, 0.1) is 24.5 Å². The van der Waals surface area contributed by atoms with E-state index in [1.165, 1.54) is 11.3 Å². The second-order valence-corrected chi connectivity index (χ2v) is 13.0. The molecule has 0 aliphatic carbocycles. The van der Waals surface area contributed by atoms with Gasteiger partial charge in [-0.3, -0.25) is 19.2 Å². The van der Waals surface area contributed by atoms with Crippen molar-refractivity contribution >= 4 is 57.2 Å². The van der Waals surface area contributed by atoms with Crippen LogP contribution < -0.4 is 20.4 Å². The highest BCUT2D eigenvalue weighted by molar-refractivity contribution is 7.07. The zero-order valence-electron chi connectivity index (χ0n) is 26.0. The molecule has 240 valence electrons. The van der Waals surface area contributed by atoms with Gasteiger partial charge in [0, 0.05) is 48.8 Å². The van der Waals surface area contributed by atoms with Crippen LogP contribution in [0.25, 0.3) is 10.9 Å². The SMILES string of the molecule is CC(C)C(=O)N[C@H](Cc1cn(CCF)c2ccccc12)C(=O)NC1Cc2cccc(N3CCCC3=O)c2N(Cc2ccsc2)C1=O. The van der Waals surface area contributed by atoms with Crippen LogP contribution in [0.2, 0.25) is 0 Å². The van der Waals surface area contributed by atoms with Crippen LogP contribution in [-0.4, -0.2) is 53.5 Å². The maximum atomic E-state index is 14.2. The van der Waals surface area contributed by atoms with Crippen molar-refractivity contribution in [1.29, 1.82) is 0 Å². The first-order valence-corrected chi connectivity index (χ1v) is 16.7. The molecule has 11 heteroatoms. The molecule has 1 saturated heterocycles. The number of carbonyl (C=O) groups is 4. The molecule has 6 rings (SSSR count). The highest BCUT2D eigenvalue weighted by atomic mass is 32.1. The fourth-order valence-corrected chi connectivity index (χ4v) is 7.08. The minimum absolute atomic E-state index is 0.0309. The van der Waals surface area contributed by atoms with Crippen LogP contribution in [0.5, 0.6) is 0 Å². The Morgan fingerprint density at radius 1 is 1.07 bits per heavy atom. The Kier molecular flexibility index (Phi) is 9.21. The molecule has 2 aromatic heterocycles. The number of hydrogen-bond donors (Lipinski definition) is 2. The van der Waals surface area contributed by atoms with Gasteiger partial charge < -0.3 is 25.0 Å². The number of anilines is 2. The zero-order valence-corrected chi connectivity index (χ0v) is 26.8. The van der Waals surface area contributed by atoms with E-state index in [2.05, 4.69) is 10.6 Å². The molecule has 2 N–H and O–H groups in total. The molecular weight excluding hydrogens is 605 g/mol. The Balaban J connectivity index is 1.31. The second-order valence-electron chi connectivity index (χ2n) is 12.2. The smallest absolute Gasteiger partial charge is 0.250 e. The van der Waals surface area contributed by atoms with Crippen LogP contribution in [0, 0.1) is 5.92 Å². The fraction of sp³-hybridized carbons (Fsp3) is 0.371. The lowest BCUT2D eigenvalue weighted by molar-refractivity contribution is -0.132. The lowest BCUT2D eigenvalue weighted by atomic mass is 9.94. The van der Waals surface area contributed by atoms with Crippen molar-refractivity contribution < 1.29 is 23.6 Å². The molecule has 2 aromatic carbocycles. The van der Waals surface area contributed by atoms with Crippen molar-refractivity contribution in [2.75, 3.05) is 23.0 Å². The number of para-hydroxylation sites is 2. The Hall–Kier alpha value is -4.51. The summed E-state index contributed by atoms with van der Waals surface area (Å²) < 4.78 is 15.2. The third-order valence-electron chi connectivity index (χ3n) is 8.74. The van der Waals surface area contributed by atoms with E-state index in [1.807, 2.05) is 70.1 Å². The third-order valence-corrected chi connectivity index (χ3v) is 9.47. The summed E-state index contributed by atoms with van der Waals surface area (Å²) in [6.45, 7) is 4.04. The number of alkyl halides is 1. The van der Waals surface area contributed by atoms with Gasteiger partial charge in [-0.15, -0.1) is 0 Å². The number of aromatic nitrogens is 1. The number of nitrogens with zero attached hydrogens (tertiary/aromatic N) is 3. The highest BCUT2D eigenvalue weighted by Crippen LogP contribution is 2.40. The minimum atomic E-state index is -0.965. The zero-order chi connectivity index (χ0) is 32.4. The number of thiophene rings is 1. The van der Waals surface area contributed by atoms with Crippen molar-refractivity contribution in [1.82, 2.24) is 15.2 Å². The van der Waals surface area contributed by atoms with Gasteiger partial charge in [0.25, 0.3) is 0 Å². The van der Waals surface area contributed by atoms with E-state index < -0.39 is 24.7 Å². The summed E-state index contributed by atoms with van der Waals surface area (Å²) in [4.78, 5) is 57.4. The van der Waals surface area contributed by atoms with E-state index in [-0.39, 0.29) is 43.0 Å². The molecule has 1 unspecified atom stereocenters. The summed E-state index contributed by atoms with van der Waals surface area (Å²) >= 11 is 1.54. The molecule has 2 aliphatic rings. The van der Waals surface area contributed by atoms with Crippen LogP contribution in [-0.2, 0) is 45.1 Å². The van der Waals surface area contributed by atoms with E-state index in [4.69, 9.17) is 0 Å². The predicted molar refractivity (Wildman–Crippen MR) is 178 cm³/mol. The minimum Gasteiger partial charge on any atom is -0.345 e. The van der Waals surface area contributed by atoms with Crippen molar-refractivity contribution in [3.8, 4) is 0 Å². The number of benzene rings is 2. The molecule has 0 saturated carbocycles. The van der Waals surface area contributed by atoms with Gasteiger partial charge in [0.15, 0.2) is 0 Å². The van der Waals surface area contributed by atoms with Gasteiger partial charge in [-0.05, 0) is 52.1 Å². The molecular formula is C35H38FN5O4S. The van der Waals surface area contributed by atoms with Gasteiger partial charge in [-0.25, -0.2) is 4.39 Å². The first-order chi connectivity index (χ1) is 22.2. The molecule has 4 aromatic rings. The summed E-state index contributed by atoms with van der Waals surface area (Å²) in [6.07, 6.45) is 3.47. The van der Waals surface area contributed by atoms with Crippen LogP contribution in [0.15, 0.2) is 65.5 Å². The molecule has 2 aliphatic heterocycles. The molecule has 9 nitrogen and oxygen atoms in total. The lowest BCUT2D eigenvalue weighted by Crippen LogP contribution is -2.57. The van der Waals surface area contributed by atoms with Gasteiger partial charge >= 0.3 is 0 Å². The summed E-state index contributed by atoms with van der Waals surface area (Å²) in [7, 11) is 0. The van der Waals surface area contributed by atoms with Crippen LogP contribution in [0.3, 0.4) is 0 Å². The molecule has 0 radical (unpaired) electrons. The Bertz CT molecular complexity index is 1770. The van der Waals surface area contributed by atoms with Gasteiger partial charge in [-0.1, -0.05) is 44.2 Å². The van der Waals surface area contributed by atoms with E-state index in [0.717, 1.165) is 34.0 Å². The second kappa shape index (κ2) is 13.5. The van der Waals surface area contributed by atoms with Crippen molar-refractivity contribution in [2.45, 2.75) is 64.7 Å². The molecule has 0 spiro atoms. The van der Waals surface area contributed by atoms with E-state index in [0.29, 0.717) is 30.9 Å². The number of halogens is 1. The van der Waals surface area contributed by atoms with Crippen LogP contribution in [0.4, 0.5) is 15.8 Å². The Morgan fingerprint density at radius 3 is 2.61 bits per heavy atom. The number of fused-ring (bicyclic) bond motifs is 2. The monoisotopic (exact) mass is 643 g/mol. The molecule has 4 heterocycles. The van der Waals surface area contributed by atoms with Crippen molar-refractivity contribution in [3.63, 3.8) is 0 Å². The average Bonchev–Trinajstić information content (AvgIpc) is 3.80. The highest BCUT2D eigenvalue weighted by Gasteiger charge is 2.39. The Morgan fingerprint density at radius 2 is 1.89 bits per heavy atom. The molecule has 2 atom stereocenters. The number of hydrogen-bond acceptors (Lipinski definition) is 5. The van der Waals surface area contributed by atoms with Crippen LogP contribution in [0.1, 0.15) is 43.4 Å². The summed E-state index contributed by atoms with van der Waals surface area (Å²) in [5.41, 5.74) is 4.86. The normalized spacial score (nSPS) is 17.1. The van der Waals surface area contributed by atoms with E-state index >= 15 is 0 Å². The van der Waals surface area contributed by atoms with Gasteiger partial charge in [0.1, 0.15) is 18.8 Å². The molecule has 46 heavy (non-hydrogen) atoms. The number of aryl methyl sites for hydroxylation is 1. The molecule has 4 amide bonds. The summed E-state index contributed by atoms with van der Waals surface area (Å²) in [6, 6.07) is 13.4. The van der Waals surface area contributed by atoms with Gasteiger partial charge in [-0.2, -0.15) is 11.3 Å². The summed E-state index contributed by atoms with van der Waals surface area (Å²) in [5, 5.41) is 10.7. The fourth-order valence-electron chi connectivity index (χ4n) is 6.42. The van der Waals surface area contributed by atoms with Gasteiger partial charge in [0.2, 0.25) is 23.6 Å². The maximum absolute atomic E-state index is 14.2. The summed E-state index contributed by atoms with van der Waals surface area (Å²) in [5.74, 6) is -1.37. The van der Waals surface area contributed by atoms with Crippen molar-refractivity contribution in [3.05, 3.63) is 82.2 Å². The largest absolute Gasteiger partial charge is 0.345 e. The quantitative estimate of drug-likeness (QED) is 0.246. The standard InChI is InChI=1S/C35H38FN5O4S/c1-22(2)33(43)37-27(18-25-20-39(15-13-36)29-9-4-3-8-26(25)29)34(44)38-28-17-24-7-5-10-30(40-14-6-11-31(40)42)32(24)41(35(28)45)19-23-12-16-46-21-23/h3-5,7-10,12,16,20-22,27-28H,6,11,13-15,17-19H2,1-2H3,(H,37,43)(H,38,44)/t27-,28?/m1/s1. The van der Waals surface area contributed by atoms with E-state index in [1.54, 1.807) is 23.6 Å². The first kappa shape index (κ1) is 31.5. The number of nitrogens with one attached hydrogen (secondary N) is 2. The topological polar surface area (TPSA) is 104 Å². The first-order valence-electron chi connectivity index (χ1n) is 15.7. The Labute approximate surface area is 271 Å². The van der Waals surface area contributed by atoms with Crippen molar-refractivity contribution in [2.24, 2.45) is 5.92 Å². The maximum Gasteiger partial charge on any atom is 0.250 e. The number of amides is 4. The van der Waals surface area contributed by atoms with E-state index in [9.17, 15) is 23.6 Å². The predicted octanol–water partition coefficient (Wildman–Crippen LogP) is 4.76. The number of carbonyl (C=O) groups excluding carboxylic acids is 4. The lowest BCUT2D eigenvalue weighted by Gasteiger charge is -2.37. The third kappa shape index (κ3) is 6.28. The van der Waals surface area contributed by atoms with Crippen LogP contribution >= 0.6 is 11.3 Å². The average molecular weight is 644 g/mol. The molecule has 0 bridgehead atoms. The molecule has 1 fully saturated rings. The number of rotatable bonds is 11.